The number of carbonyl (C=O) groups is 3. The number of fused-ring (bicyclic) bond motifs is 1. The predicted octanol–water partition coefficient (Wildman–Crippen LogP) is 2.56. The zero-order valence-corrected chi connectivity index (χ0v) is 12.0. The minimum absolute atomic E-state index is 0.161. The number of carboxylic acid groups (broad SMARTS) is 1. The third-order valence-corrected chi connectivity index (χ3v) is 3.81. The molecule has 2 amide bonds. The van der Waals surface area contributed by atoms with Gasteiger partial charge in [-0.2, -0.15) is 0 Å². The molecule has 1 aromatic rings. The van der Waals surface area contributed by atoms with Crippen LogP contribution in [0.4, 0.5) is 0 Å². The molecule has 0 aromatic heterocycles. The van der Waals surface area contributed by atoms with Gasteiger partial charge in [0.25, 0.3) is 11.8 Å². The molecule has 0 unspecified atom stereocenters. The molecule has 1 atom stereocenters. The number of aliphatic carboxylic acids is 1. The Labute approximate surface area is 123 Å². The average Bonchev–Trinajstić information content (AvgIpc) is 2.70. The highest BCUT2D eigenvalue weighted by atomic mass is 16.4. The van der Waals surface area contributed by atoms with Crippen molar-refractivity contribution < 1.29 is 19.5 Å². The average molecular weight is 289 g/mol. The van der Waals surface area contributed by atoms with Crippen LogP contribution in [-0.2, 0) is 4.79 Å². The van der Waals surface area contributed by atoms with Crippen LogP contribution in [0.2, 0.25) is 0 Å². The fraction of sp³-hybridized carbons (Fsp3) is 0.438. The fourth-order valence-corrected chi connectivity index (χ4v) is 2.55. The van der Waals surface area contributed by atoms with Crippen molar-refractivity contribution in [2.24, 2.45) is 5.92 Å². The van der Waals surface area contributed by atoms with Crippen LogP contribution in [0.5, 0.6) is 0 Å². The van der Waals surface area contributed by atoms with Gasteiger partial charge in [-0.25, -0.2) is 0 Å². The molecule has 0 bridgehead atoms. The third kappa shape index (κ3) is 3.48. The van der Waals surface area contributed by atoms with Crippen molar-refractivity contribution in [2.45, 2.75) is 32.6 Å². The number of hydrogen-bond donors (Lipinski definition) is 1. The summed E-state index contributed by atoms with van der Waals surface area (Å²) in [6.45, 7) is 2.38. The first kappa shape index (κ1) is 15.2. The van der Waals surface area contributed by atoms with Crippen LogP contribution in [0, 0.1) is 5.92 Å². The van der Waals surface area contributed by atoms with Crippen molar-refractivity contribution in [2.75, 3.05) is 6.54 Å². The largest absolute Gasteiger partial charge is 0.481 e. The van der Waals surface area contributed by atoms with Gasteiger partial charge in [0.15, 0.2) is 0 Å². The summed E-state index contributed by atoms with van der Waals surface area (Å²) in [4.78, 5) is 36.0. The Kier molecular flexibility index (Phi) is 4.73. The molecule has 21 heavy (non-hydrogen) atoms. The Balaban J connectivity index is 1.84. The van der Waals surface area contributed by atoms with E-state index in [0.717, 1.165) is 6.42 Å². The van der Waals surface area contributed by atoms with E-state index >= 15 is 0 Å². The Hall–Kier alpha value is -2.17. The second-order valence-corrected chi connectivity index (χ2v) is 5.49. The molecule has 0 aliphatic carbocycles. The molecule has 1 heterocycles. The summed E-state index contributed by atoms with van der Waals surface area (Å²) in [6.07, 6.45) is 2.29. The molecule has 0 saturated heterocycles. The van der Waals surface area contributed by atoms with Gasteiger partial charge < -0.3 is 5.11 Å². The SMILES string of the molecule is C[C@H](CCCN1C(=O)c2ccccc2C1=O)CCC(=O)O. The van der Waals surface area contributed by atoms with Crippen LogP contribution < -0.4 is 0 Å². The summed E-state index contributed by atoms with van der Waals surface area (Å²) in [5.74, 6) is -0.971. The zero-order valence-electron chi connectivity index (χ0n) is 12.0. The van der Waals surface area contributed by atoms with E-state index in [1.54, 1.807) is 24.3 Å². The standard InChI is InChI=1S/C16H19NO4/c1-11(8-9-14(18)19)5-4-10-17-15(20)12-6-2-3-7-13(12)16(17)21/h2-3,6-7,11H,4-5,8-10H2,1H3,(H,18,19)/t11-/m1/s1. The molecule has 5 heteroatoms. The van der Waals surface area contributed by atoms with E-state index in [-0.39, 0.29) is 24.2 Å². The topological polar surface area (TPSA) is 74.7 Å². The quantitative estimate of drug-likeness (QED) is 0.783. The van der Waals surface area contributed by atoms with Gasteiger partial charge in [-0.1, -0.05) is 19.1 Å². The van der Waals surface area contributed by atoms with E-state index < -0.39 is 5.97 Å². The molecule has 1 aromatic carbocycles. The molecular formula is C16H19NO4. The van der Waals surface area contributed by atoms with Gasteiger partial charge in [0.1, 0.15) is 0 Å². The summed E-state index contributed by atoms with van der Waals surface area (Å²) in [6, 6.07) is 6.85. The summed E-state index contributed by atoms with van der Waals surface area (Å²) < 4.78 is 0. The van der Waals surface area contributed by atoms with Crippen molar-refractivity contribution in [1.29, 1.82) is 0 Å². The number of nitrogens with zero attached hydrogens (tertiary/aromatic N) is 1. The van der Waals surface area contributed by atoms with Gasteiger partial charge in [0, 0.05) is 13.0 Å². The normalized spacial score (nSPS) is 15.2. The first-order chi connectivity index (χ1) is 10.0. The highest BCUT2D eigenvalue weighted by Gasteiger charge is 2.34. The Morgan fingerprint density at radius 1 is 1.14 bits per heavy atom. The lowest BCUT2D eigenvalue weighted by Crippen LogP contribution is -2.30. The number of amides is 2. The lowest BCUT2D eigenvalue weighted by molar-refractivity contribution is -0.137. The molecule has 112 valence electrons. The van der Waals surface area contributed by atoms with E-state index in [1.165, 1.54) is 4.90 Å². The maximum Gasteiger partial charge on any atom is 0.303 e. The predicted molar refractivity (Wildman–Crippen MR) is 77.1 cm³/mol. The van der Waals surface area contributed by atoms with Crippen LogP contribution in [0.15, 0.2) is 24.3 Å². The molecule has 5 nitrogen and oxygen atoms in total. The van der Waals surface area contributed by atoms with Gasteiger partial charge in [0.2, 0.25) is 0 Å². The molecule has 0 spiro atoms. The fourth-order valence-electron chi connectivity index (χ4n) is 2.55. The van der Waals surface area contributed by atoms with Crippen molar-refractivity contribution >= 4 is 17.8 Å². The molecule has 1 N–H and O–H groups in total. The zero-order chi connectivity index (χ0) is 15.4. The third-order valence-electron chi connectivity index (χ3n) is 3.81. The van der Waals surface area contributed by atoms with E-state index in [9.17, 15) is 14.4 Å². The minimum atomic E-state index is -0.790. The number of benzene rings is 1. The Morgan fingerprint density at radius 2 is 1.71 bits per heavy atom. The van der Waals surface area contributed by atoms with Gasteiger partial charge in [-0.05, 0) is 37.3 Å². The Bertz CT molecular complexity index is 532. The summed E-state index contributed by atoms with van der Waals surface area (Å²) in [5.41, 5.74) is 0.947. The van der Waals surface area contributed by atoms with Gasteiger partial charge in [0.05, 0.1) is 11.1 Å². The number of carbonyl (C=O) groups excluding carboxylic acids is 2. The van der Waals surface area contributed by atoms with Gasteiger partial charge in [-0.3, -0.25) is 19.3 Å². The van der Waals surface area contributed by atoms with Gasteiger partial charge >= 0.3 is 5.97 Å². The molecule has 2 rings (SSSR count). The Morgan fingerprint density at radius 3 is 2.24 bits per heavy atom. The number of hydrogen-bond acceptors (Lipinski definition) is 3. The molecule has 0 radical (unpaired) electrons. The van der Waals surface area contributed by atoms with Crippen LogP contribution in [0.3, 0.4) is 0 Å². The van der Waals surface area contributed by atoms with Crippen molar-refractivity contribution in [3.63, 3.8) is 0 Å². The van der Waals surface area contributed by atoms with Crippen LogP contribution in [0.1, 0.15) is 53.3 Å². The van der Waals surface area contributed by atoms with Crippen molar-refractivity contribution in [3.05, 3.63) is 35.4 Å². The van der Waals surface area contributed by atoms with Gasteiger partial charge in [-0.15, -0.1) is 0 Å². The van der Waals surface area contributed by atoms with E-state index in [4.69, 9.17) is 5.11 Å². The monoisotopic (exact) mass is 289 g/mol. The number of rotatable bonds is 7. The molecule has 0 saturated carbocycles. The number of imide groups is 1. The van der Waals surface area contributed by atoms with E-state index in [1.807, 2.05) is 6.92 Å². The molecular weight excluding hydrogens is 270 g/mol. The van der Waals surface area contributed by atoms with E-state index in [0.29, 0.717) is 30.5 Å². The molecule has 1 aliphatic heterocycles. The number of carboxylic acids is 1. The smallest absolute Gasteiger partial charge is 0.303 e. The van der Waals surface area contributed by atoms with Crippen LogP contribution in [-0.4, -0.2) is 34.3 Å². The first-order valence-corrected chi connectivity index (χ1v) is 7.17. The second-order valence-electron chi connectivity index (χ2n) is 5.49. The summed E-state index contributed by atoms with van der Waals surface area (Å²) in [7, 11) is 0. The molecule has 1 aliphatic rings. The van der Waals surface area contributed by atoms with Crippen LogP contribution in [0.25, 0.3) is 0 Å². The maximum atomic E-state index is 12.1. The maximum absolute atomic E-state index is 12.1. The highest BCUT2D eigenvalue weighted by molar-refractivity contribution is 6.21. The van der Waals surface area contributed by atoms with Crippen LogP contribution >= 0.6 is 0 Å². The summed E-state index contributed by atoms with van der Waals surface area (Å²) >= 11 is 0. The lowest BCUT2D eigenvalue weighted by atomic mass is 10.00. The summed E-state index contributed by atoms with van der Waals surface area (Å²) in [5, 5.41) is 8.63. The first-order valence-electron chi connectivity index (χ1n) is 7.17. The highest BCUT2D eigenvalue weighted by Crippen LogP contribution is 2.23. The molecule has 0 fully saturated rings. The van der Waals surface area contributed by atoms with Crippen molar-refractivity contribution in [3.8, 4) is 0 Å². The second kappa shape index (κ2) is 6.52. The minimum Gasteiger partial charge on any atom is -0.481 e. The van der Waals surface area contributed by atoms with E-state index in [2.05, 4.69) is 0 Å². The lowest BCUT2D eigenvalue weighted by Gasteiger charge is -2.15. The van der Waals surface area contributed by atoms with Crippen molar-refractivity contribution in [1.82, 2.24) is 4.90 Å².